The van der Waals surface area contributed by atoms with Crippen LogP contribution in [0.4, 0.5) is 10.1 Å². The van der Waals surface area contributed by atoms with E-state index in [2.05, 4.69) is 5.32 Å². The lowest BCUT2D eigenvalue weighted by Gasteiger charge is -2.27. The standard InChI is InChI=1S/C16H16FNO2/c17-13-6-7-16-15(8-13)18-9-14(20-16)11-19-10-12-4-2-1-3-5-12/h1-8,14,18H,9-11H2. The van der Waals surface area contributed by atoms with E-state index in [1.807, 2.05) is 30.3 Å². The minimum atomic E-state index is -0.265. The smallest absolute Gasteiger partial charge is 0.143 e. The summed E-state index contributed by atoms with van der Waals surface area (Å²) in [5, 5.41) is 3.16. The molecular formula is C16H16FNO2. The van der Waals surface area contributed by atoms with Crippen LogP contribution in [0.25, 0.3) is 0 Å². The average Bonchev–Trinajstić information content (AvgIpc) is 2.48. The predicted octanol–water partition coefficient (Wildman–Crippen LogP) is 3.22. The number of ether oxygens (including phenoxy) is 2. The maximum Gasteiger partial charge on any atom is 0.143 e. The van der Waals surface area contributed by atoms with Crippen LogP contribution >= 0.6 is 0 Å². The largest absolute Gasteiger partial charge is 0.484 e. The second-order valence-electron chi connectivity index (χ2n) is 4.76. The maximum atomic E-state index is 13.1. The van der Waals surface area contributed by atoms with E-state index in [4.69, 9.17) is 9.47 Å². The molecule has 2 aromatic carbocycles. The van der Waals surface area contributed by atoms with Crippen LogP contribution < -0.4 is 10.1 Å². The lowest BCUT2D eigenvalue weighted by atomic mass is 10.2. The number of anilines is 1. The van der Waals surface area contributed by atoms with Gasteiger partial charge in [0.05, 0.1) is 25.4 Å². The van der Waals surface area contributed by atoms with Crippen LogP contribution in [0.2, 0.25) is 0 Å². The molecule has 104 valence electrons. The molecule has 20 heavy (non-hydrogen) atoms. The van der Waals surface area contributed by atoms with Crippen molar-refractivity contribution in [2.45, 2.75) is 12.7 Å². The summed E-state index contributed by atoms with van der Waals surface area (Å²) < 4.78 is 24.5. The molecule has 0 aromatic heterocycles. The molecule has 0 spiro atoms. The Morgan fingerprint density at radius 2 is 2.05 bits per heavy atom. The lowest BCUT2D eigenvalue weighted by Crippen LogP contribution is -2.34. The Morgan fingerprint density at radius 1 is 1.20 bits per heavy atom. The maximum absolute atomic E-state index is 13.1. The molecule has 1 unspecified atom stereocenters. The summed E-state index contributed by atoms with van der Waals surface area (Å²) in [6.07, 6.45) is -0.0586. The molecule has 1 atom stereocenters. The zero-order chi connectivity index (χ0) is 13.8. The van der Waals surface area contributed by atoms with Crippen molar-refractivity contribution >= 4 is 5.69 Å². The van der Waals surface area contributed by atoms with Crippen LogP contribution in [0.15, 0.2) is 48.5 Å². The summed E-state index contributed by atoms with van der Waals surface area (Å²) >= 11 is 0. The molecule has 0 bridgehead atoms. The summed E-state index contributed by atoms with van der Waals surface area (Å²) in [6, 6.07) is 14.5. The summed E-state index contributed by atoms with van der Waals surface area (Å²) in [7, 11) is 0. The van der Waals surface area contributed by atoms with E-state index in [0.717, 1.165) is 5.56 Å². The highest BCUT2D eigenvalue weighted by molar-refractivity contribution is 5.58. The van der Waals surface area contributed by atoms with Gasteiger partial charge in [0, 0.05) is 6.07 Å². The van der Waals surface area contributed by atoms with Gasteiger partial charge in [-0.1, -0.05) is 30.3 Å². The molecule has 0 aliphatic carbocycles. The topological polar surface area (TPSA) is 30.5 Å². The summed E-state index contributed by atoms with van der Waals surface area (Å²) in [6.45, 7) is 1.68. The summed E-state index contributed by atoms with van der Waals surface area (Å²) in [5.74, 6) is 0.407. The zero-order valence-electron chi connectivity index (χ0n) is 11.0. The molecule has 0 saturated carbocycles. The van der Waals surface area contributed by atoms with Crippen molar-refractivity contribution < 1.29 is 13.9 Å². The Labute approximate surface area is 117 Å². The molecular weight excluding hydrogens is 257 g/mol. The van der Waals surface area contributed by atoms with E-state index in [0.29, 0.717) is 31.2 Å². The van der Waals surface area contributed by atoms with Gasteiger partial charge in [0.2, 0.25) is 0 Å². The van der Waals surface area contributed by atoms with Gasteiger partial charge in [-0.15, -0.1) is 0 Å². The fourth-order valence-electron chi connectivity index (χ4n) is 2.16. The van der Waals surface area contributed by atoms with Crippen LogP contribution in [0, 0.1) is 5.82 Å². The first-order valence-electron chi connectivity index (χ1n) is 6.63. The highest BCUT2D eigenvalue weighted by Gasteiger charge is 2.19. The van der Waals surface area contributed by atoms with E-state index in [1.54, 1.807) is 6.07 Å². The van der Waals surface area contributed by atoms with Gasteiger partial charge >= 0.3 is 0 Å². The molecule has 1 aliphatic rings. The zero-order valence-corrected chi connectivity index (χ0v) is 11.0. The Kier molecular flexibility index (Phi) is 3.83. The molecule has 1 heterocycles. The molecule has 3 rings (SSSR count). The Bertz CT molecular complexity index is 574. The van der Waals surface area contributed by atoms with Gasteiger partial charge in [0.15, 0.2) is 0 Å². The first-order valence-corrected chi connectivity index (χ1v) is 6.63. The van der Waals surface area contributed by atoms with Crippen molar-refractivity contribution in [1.29, 1.82) is 0 Å². The molecule has 0 saturated heterocycles. The minimum Gasteiger partial charge on any atom is -0.484 e. The minimum absolute atomic E-state index is 0.0586. The molecule has 0 radical (unpaired) electrons. The van der Waals surface area contributed by atoms with Crippen molar-refractivity contribution in [2.24, 2.45) is 0 Å². The van der Waals surface area contributed by atoms with E-state index in [-0.39, 0.29) is 11.9 Å². The van der Waals surface area contributed by atoms with Crippen molar-refractivity contribution in [3.63, 3.8) is 0 Å². The third-order valence-electron chi connectivity index (χ3n) is 3.17. The quantitative estimate of drug-likeness (QED) is 0.927. The van der Waals surface area contributed by atoms with Gasteiger partial charge in [0.25, 0.3) is 0 Å². The number of hydrogen-bond donors (Lipinski definition) is 1. The first kappa shape index (κ1) is 12.9. The van der Waals surface area contributed by atoms with E-state index < -0.39 is 0 Å². The lowest BCUT2D eigenvalue weighted by molar-refractivity contribution is 0.0441. The highest BCUT2D eigenvalue weighted by atomic mass is 19.1. The molecule has 0 fully saturated rings. The van der Waals surface area contributed by atoms with Crippen LogP contribution in [0.1, 0.15) is 5.56 Å². The van der Waals surface area contributed by atoms with E-state index >= 15 is 0 Å². The number of rotatable bonds is 4. The summed E-state index contributed by atoms with van der Waals surface area (Å²) in [5.41, 5.74) is 1.84. The molecule has 4 heteroatoms. The molecule has 1 N–H and O–H groups in total. The number of nitrogens with one attached hydrogen (secondary N) is 1. The number of hydrogen-bond acceptors (Lipinski definition) is 3. The van der Waals surface area contributed by atoms with Gasteiger partial charge in [0.1, 0.15) is 17.7 Å². The SMILES string of the molecule is Fc1ccc2c(c1)NCC(COCc1ccccc1)O2. The van der Waals surface area contributed by atoms with Crippen molar-refractivity contribution in [2.75, 3.05) is 18.5 Å². The number of benzene rings is 2. The third-order valence-corrected chi connectivity index (χ3v) is 3.17. The van der Waals surface area contributed by atoms with Crippen LogP contribution in [0.3, 0.4) is 0 Å². The van der Waals surface area contributed by atoms with Gasteiger partial charge in [-0.3, -0.25) is 0 Å². The van der Waals surface area contributed by atoms with Gasteiger partial charge in [-0.25, -0.2) is 4.39 Å². The second kappa shape index (κ2) is 5.92. The van der Waals surface area contributed by atoms with E-state index in [1.165, 1.54) is 12.1 Å². The average molecular weight is 273 g/mol. The normalized spacial score (nSPS) is 16.9. The van der Waals surface area contributed by atoms with Crippen LogP contribution in [-0.2, 0) is 11.3 Å². The van der Waals surface area contributed by atoms with E-state index in [9.17, 15) is 4.39 Å². The molecule has 1 aliphatic heterocycles. The van der Waals surface area contributed by atoms with Crippen molar-refractivity contribution in [3.05, 3.63) is 59.9 Å². The number of halogens is 1. The third kappa shape index (κ3) is 3.08. The fourth-order valence-corrected chi connectivity index (χ4v) is 2.16. The fraction of sp³-hybridized carbons (Fsp3) is 0.250. The van der Waals surface area contributed by atoms with Crippen LogP contribution in [0.5, 0.6) is 5.75 Å². The Morgan fingerprint density at radius 3 is 2.90 bits per heavy atom. The second-order valence-corrected chi connectivity index (χ2v) is 4.76. The van der Waals surface area contributed by atoms with Crippen LogP contribution in [-0.4, -0.2) is 19.3 Å². The summed E-state index contributed by atoms with van der Waals surface area (Å²) in [4.78, 5) is 0. The molecule has 0 amide bonds. The predicted molar refractivity (Wildman–Crippen MR) is 75.4 cm³/mol. The van der Waals surface area contributed by atoms with Crippen molar-refractivity contribution in [3.8, 4) is 5.75 Å². The van der Waals surface area contributed by atoms with Gasteiger partial charge in [-0.05, 0) is 17.7 Å². The molecule has 2 aromatic rings. The van der Waals surface area contributed by atoms with Gasteiger partial charge < -0.3 is 14.8 Å². The first-order chi connectivity index (χ1) is 9.81. The molecule has 3 nitrogen and oxygen atoms in total. The number of fused-ring (bicyclic) bond motifs is 1. The Balaban J connectivity index is 1.52. The van der Waals surface area contributed by atoms with Crippen molar-refractivity contribution in [1.82, 2.24) is 0 Å². The Hall–Kier alpha value is -2.07. The van der Waals surface area contributed by atoms with Gasteiger partial charge in [-0.2, -0.15) is 0 Å². The highest BCUT2D eigenvalue weighted by Crippen LogP contribution is 2.29. The monoisotopic (exact) mass is 273 g/mol.